The molecule has 5 nitrogen and oxygen atoms in total. The third-order valence-electron chi connectivity index (χ3n) is 2.91. The Bertz CT molecular complexity index is 767. The van der Waals surface area contributed by atoms with Crippen molar-refractivity contribution in [1.82, 2.24) is 4.98 Å². The standard InChI is InChI=1S/C16H15Cl2N3O2S/c1-9-13(17)7-14(18)16(19-9)21-15(23)8-24-12-5-3-11(4-6-12)20-10(2)22/h3-7H,8H2,1-2H3,(H,20,22)(H,19,21,23). The van der Waals surface area contributed by atoms with Crippen molar-refractivity contribution in [2.45, 2.75) is 18.7 Å². The van der Waals surface area contributed by atoms with Crippen molar-refractivity contribution >= 4 is 58.3 Å². The van der Waals surface area contributed by atoms with E-state index in [1.165, 1.54) is 18.7 Å². The highest BCUT2D eigenvalue weighted by Gasteiger charge is 2.10. The predicted octanol–water partition coefficient (Wildman–Crippen LogP) is 4.39. The number of rotatable bonds is 5. The highest BCUT2D eigenvalue weighted by Crippen LogP contribution is 2.26. The van der Waals surface area contributed by atoms with Crippen LogP contribution in [0.15, 0.2) is 35.2 Å². The first-order chi connectivity index (χ1) is 11.3. The average Bonchev–Trinajstić information content (AvgIpc) is 2.51. The van der Waals surface area contributed by atoms with E-state index in [0.29, 0.717) is 27.2 Å². The molecule has 0 unspecified atom stereocenters. The van der Waals surface area contributed by atoms with Gasteiger partial charge in [-0.05, 0) is 37.3 Å². The SMILES string of the molecule is CC(=O)Nc1ccc(SCC(=O)Nc2nc(C)c(Cl)cc2Cl)cc1. The van der Waals surface area contributed by atoms with E-state index in [9.17, 15) is 9.59 Å². The third-order valence-corrected chi connectivity index (χ3v) is 4.59. The second kappa shape index (κ2) is 8.37. The maximum atomic E-state index is 12.0. The van der Waals surface area contributed by atoms with Gasteiger partial charge in [-0.1, -0.05) is 23.2 Å². The molecule has 1 aromatic carbocycles. The van der Waals surface area contributed by atoms with Gasteiger partial charge in [-0.2, -0.15) is 0 Å². The van der Waals surface area contributed by atoms with E-state index in [1.54, 1.807) is 25.1 Å². The van der Waals surface area contributed by atoms with Crippen LogP contribution < -0.4 is 10.6 Å². The number of anilines is 2. The van der Waals surface area contributed by atoms with Crippen LogP contribution in [0.25, 0.3) is 0 Å². The zero-order valence-corrected chi connectivity index (χ0v) is 15.4. The number of hydrogen-bond acceptors (Lipinski definition) is 4. The first-order valence-electron chi connectivity index (χ1n) is 6.98. The van der Waals surface area contributed by atoms with Gasteiger partial charge < -0.3 is 10.6 Å². The topological polar surface area (TPSA) is 71.1 Å². The van der Waals surface area contributed by atoms with Crippen LogP contribution in [0, 0.1) is 6.92 Å². The van der Waals surface area contributed by atoms with E-state index >= 15 is 0 Å². The highest BCUT2D eigenvalue weighted by molar-refractivity contribution is 8.00. The Balaban J connectivity index is 1.91. The van der Waals surface area contributed by atoms with Crippen molar-refractivity contribution < 1.29 is 9.59 Å². The number of carbonyl (C=O) groups excluding carboxylic acids is 2. The van der Waals surface area contributed by atoms with Crippen molar-refractivity contribution in [3.8, 4) is 0 Å². The van der Waals surface area contributed by atoms with E-state index in [0.717, 1.165) is 4.90 Å². The number of nitrogens with one attached hydrogen (secondary N) is 2. The minimum atomic E-state index is -0.220. The van der Waals surface area contributed by atoms with E-state index in [-0.39, 0.29) is 17.6 Å². The predicted molar refractivity (Wildman–Crippen MR) is 99.1 cm³/mol. The van der Waals surface area contributed by atoms with Gasteiger partial charge in [0.1, 0.15) is 0 Å². The number of carbonyl (C=O) groups is 2. The summed E-state index contributed by atoms with van der Waals surface area (Å²) >= 11 is 13.3. The minimum absolute atomic E-state index is 0.127. The molecule has 0 saturated heterocycles. The summed E-state index contributed by atoms with van der Waals surface area (Å²) in [7, 11) is 0. The Kier molecular flexibility index (Phi) is 6.48. The van der Waals surface area contributed by atoms with E-state index in [1.807, 2.05) is 12.1 Å². The second-order valence-corrected chi connectivity index (χ2v) is 6.79. The number of thioether (sulfide) groups is 1. The number of halogens is 2. The summed E-state index contributed by atoms with van der Waals surface area (Å²) in [6, 6.07) is 8.78. The molecule has 0 radical (unpaired) electrons. The fourth-order valence-electron chi connectivity index (χ4n) is 1.80. The van der Waals surface area contributed by atoms with Crippen molar-refractivity contribution in [1.29, 1.82) is 0 Å². The third kappa shape index (κ3) is 5.40. The van der Waals surface area contributed by atoms with E-state index in [2.05, 4.69) is 15.6 Å². The summed E-state index contributed by atoms with van der Waals surface area (Å²) in [4.78, 5) is 28.1. The molecule has 8 heteroatoms. The molecule has 0 bridgehead atoms. The molecule has 0 saturated carbocycles. The van der Waals surface area contributed by atoms with Gasteiger partial charge in [-0.25, -0.2) is 4.98 Å². The van der Waals surface area contributed by atoms with E-state index in [4.69, 9.17) is 23.2 Å². The molecule has 2 rings (SSSR count). The lowest BCUT2D eigenvalue weighted by atomic mass is 10.3. The minimum Gasteiger partial charge on any atom is -0.326 e. The van der Waals surface area contributed by atoms with Crippen molar-refractivity contribution in [2.75, 3.05) is 16.4 Å². The van der Waals surface area contributed by atoms with Crippen LogP contribution in [0.4, 0.5) is 11.5 Å². The lowest BCUT2D eigenvalue weighted by molar-refractivity contribution is -0.114. The Morgan fingerprint density at radius 2 is 1.79 bits per heavy atom. The van der Waals surface area contributed by atoms with Gasteiger partial charge in [0.25, 0.3) is 0 Å². The molecule has 0 spiro atoms. The molecular weight excluding hydrogens is 369 g/mol. The van der Waals surface area contributed by atoms with Gasteiger partial charge in [0.15, 0.2) is 5.82 Å². The molecule has 1 heterocycles. The van der Waals surface area contributed by atoms with E-state index < -0.39 is 0 Å². The molecule has 0 aliphatic rings. The number of benzene rings is 1. The fourth-order valence-corrected chi connectivity index (χ4v) is 2.91. The molecule has 0 fully saturated rings. The molecule has 1 aromatic heterocycles. The summed E-state index contributed by atoms with van der Waals surface area (Å²) in [5, 5.41) is 6.10. The van der Waals surface area contributed by atoms with Crippen molar-refractivity contribution in [2.24, 2.45) is 0 Å². The van der Waals surface area contributed by atoms with Gasteiger partial charge in [0.05, 0.1) is 21.5 Å². The van der Waals surface area contributed by atoms with Gasteiger partial charge in [-0.15, -0.1) is 11.8 Å². The maximum Gasteiger partial charge on any atom is 0.235 e. The summed E-state index contributed by atoms with van der Waals surface area (Å²) in [6.07, 6.45) is 0. The number of aromatic nitrogens is 1. The monoisotopic (exact) mass is 383 g/mol. The number of aryl methyl sites for hydroxylation is 1. The summed E-state index contributed by atoms with van der Waals surface area (Å²) in [5.41, 5.74) is 1.31. The van der Waals surface area contributed by atoms with Crippen molar-refractivity contribution in [3.63, 3.8) is 0 Å². The molecule has 0 atom stereocenters. The van der Waals surface area contributed by atoms with Gasteiger partial charge >= 0.3 is 0 Å². The van der Waals surface area contributed by atoms with Crippen LogP contribution in [0.5, 0.6) is 0 Å². The normalized spacial score (nSPS) is 10.3. The van der Waals surface area contributed by atoms with Crippen LogP contribution >= 0.6 is 35.0 Å². The smallest absolute Gasteiger partial charge is 0.235 e. The second-order valence-electron chi connectivity index (χ2n) is 4.93. The molecule has 24 heavy (non-hydrogen) atoms. The molecule has 2 aromatic rings. The molecule has 0 aliphatic carbocycles. The quantitative estimate of drug-likeness (QED) is 0.751. The molecular formula is C16H15Cl2N3O2S. The molecule has 2 N–H and O–H groups in total. The van der Waals surface area contributed by atoms with Gasteiger partial charge in [0.2, 0.25) is 11.8 Å². The zero-order chi connectivity index (χ0) is 17.7. The Morgan fingerprint density at radius 3 is 2.42 bits per heavy atom. The van der Waals surface area contributed by atoms with Crippen LogP contribution in [-0.4, -0.2) is 22.6 Å². The van der Waals surface area contributed by atoms with Crippen LogP contribution in [0.3, 0.4) is 0 Å². The molecule has 0 aliphatic heterocycles. The summed E-state index contributed by atoms with van der Waals surface area (Å²) < 4.78 is 0. The highest BCUT2D eigenvalue weighted by atomic mass is 35.5. The van der Waals surface area contributed by atoms with Gasteiger partial charge in [-0.3, -0.25) is 9.59 Å². The number of hydrogen-bond donors (Lipinski definition) is 2. The van der Waals surface area contributed by atoms with Crippen LogP contribution in [0.2, 0.25) is 10.0 Å². The zero-order valence-electron chi connectivity index (χ0n) is 13.0. The average molecular weight is 384 g/mol. The lowest BCUT2D eigenvalue weighted by Crippen LogP contribution is -2.15. The Hall–Kier alpha value is -1.76. The summed E-state index contributed by atoms with van der Waals surface area (Å²) in [6.45, 7) is 3.18. The van der Waals surface area contributed by atoms with Crippen molar-refractivity contribution in [3.05, 3.63) is 46.1 Å². The number of nitrogens with zero attached hydrogens (tertiary/aromatic N) is 1. The largest absolute Gasteiger partial charge is 0.326 e. The van der Waals surface area contributed by atoms with Crippen LogP contribution in [-0.2, 0) is 9.59 Å². The first kappa shape index (κ1) is 18.6. The Labute approximate surface area is 154 Å². The van der Waals surface area contributed by atoms with Gasteiger partial charge in [0, 0.05) is 17.5 Å². The number of amides is 2. The Morgan fingerprint density at radius 1 is 1.12 bits per heavy atom. The number of pyridine rings is 1. The first-order valence-corrected chi connectivity index (χ1v) is 8.72. The molecule has 126 valence electrons. The van der Waals surface area contributed by atoms with Crippen LogP contribution in [0.1, 0.15) is 12.6 Å². The summed E-state index contributed by atoms with van der Waals surface area (Å²) in [5.74, 6) is 0.156. The lowest BCUT2D eigenvalue weighted by Gasteiger charge is -2.08. The molecule has 2 amide bonds. The maximum absolute atomic E-state index is 12.0. The fraction of sp³-hybridized carbons (Fsp3) is 0.188.